The van der Waals surface area contributed by atoms with Gasteiger partial charge in [-0.25, -0.2) is 10.8 Å². The number of hydrogen-bond donors (Lipinski definition) is 2. The van der Waals surface area contributed by atoms with Crippen molar-refractivity contribution in [2.24, 2.45) is 11.8 Å². The highest BCUT2D eigenvalue weighted by Crippen LogP contribution is 2.45. The Labute approximate surface area is 316 Å². The Morgan fingerprint density at radius 1 is 0.654 bits per heavy atom. The van der Waals surface area contributed by atoms with Crippen LogP contribution in [0.25, 0.3) is 0 Å². The van der Waals surface area contributed by atoms with Crippen molar-refractivity contribution in [1.29, 1.82) is 0 Å². The summed E-state index contributed by atoms with van der Waals surface area (Å²) in [5, 5.41) is 35.2. The molecule has 52 heavy (non-hydrogen) atoms. The smallest absolute Gasteiger partial charge is 0.332 e. The summed E-state index contributed by atoms with van der Waals surface area (Å²) >= 11 is 0. The minimum Gasteiger partial charge on any atom is -0.465 e. The lowest BCUT2D eigenvalue weighted by atomic mass is 9.84. The van der Waals surface area contributed by atoms with Crippen LogP contribution in [0.3, 0.4) is 0 Å². The third-order valence-electron chi connectivity index (χ3n) is 10.2. The summed E-state index contributed by atoms with van der Waals surface area (Å²) < 4.78 is 22.7. The number of methoxy groups -OCH3 is 2. The normalized spacial score (nSPS) is 23.7. The Hall–Kier alpha value is -2.70. The largest absolute Gasteiger partial charge is 0.465 e. The number of nitrogens with two attached hydrogens (primary N) is 2. The standard InChI is InChI=1S/C34H62N6O10S2/c1-39(2,17-7-11-31(35)47-5)19-9-21-49-33(41)27-23-25(13-15-29(27)37(43)44)51-52-26-14-16-30(38(45)46)28(24-26)34(42)50-22-10-20-40(3,4)18-8-12-32(36)48-6/h25-30,35-36H,7-24H2,1-6H3/q+2/p+2. The summed E-state index contributed by atoms with van der Waals surface area (Å²) in [5.74, 6) is -1.74. The van der Waals surface area contributed by atoms with Crippen molar-refractivity contribution in [2.45, 2.75) is 99.6 Å². The van der Waals surface area contributed by atoms with E-state index in [2.05, 4.69) is 28.2 Å². The van der Waals surface area contributed by atoms with Crippen LogP contribution in [0.1, 0.15) is 77.0 Å². The molecule has 16 nitrogen and oxygen atoms in total. The molecular weight excluding hydrogens is 717 g/mol. The van der Waals surface area contributed by atoms with Gasteiger partial charge in [0.1, 0.15) is 11.8 Å². The lowest BCUT2D eigenvalue weighted by Crippen LogP contribution is -2.44. The van der Waals surface area contributed by atoms with Gasteiger partial charge in [0.2, 0.25) is 12.1 Å². The highest BCUT2D eigenvalue weighted by Gasteiger charge is 2.46. The molecule has 0 amide bonds. The molecule has 0 aliphatic heterocycles. The van der Waals surface area contributed by atoms with Crippen molar-refractivity contribution in [1.82, 2.24) is 0 Å². The van der Waals surface area contributed by atoms with Gasteiger partial charge in [-0.2, -0.15) is 0 Å². The minimum atomic E-state index is -0.990. The number of carbonyl (C=O) groups excluding carboxylic acids is 2. The molecule has 18 heteroatoms. The first-order chi connectivity index (χ1) is 24.5. The van der Waals surface area contributed by atoms with Crippen LogP contribution in [0.15, 0.2) is 0 Å². The van der Waals surface area contributed by atoms with E-state index in [0.29, 0.717) is 63.2 Å². The average Bonchev–Trinajstić information content (AvgIpc) is 3.10. The number of nitrogens with zero attached hydrogens (tertiary/aromatic N) is 4. The molecule has 2 aliphatic carbocycles. The van der Waals surface area contributed by atoms with Crippen molar-refractivity contribution >= 4 is 45.3 Å². The fourth-order valence-corrected chi connectivity index (χ4v) is 10.3. The topological polar surface area (TPSA) is 209 Å². The molecule has 4 N–H and O–H groups in total. The van der Waals surface area contributed by atoms with E-state index in [1.54, 1.807) is 35.8 Å². The molecule has 0 radical (unpaired) electrons. The van der Waals surface area contributed by atoms with Crippen LogP contribution in [0.2, 0.25) is 0 Å². The van der Waals surface area contributed by atoms with Gasteiger partial charge in [0, 0.05) is 58.9 Å². The molecule has 6 unspecified atom stereocenters. The lowest BCUT2D eigenvalue weighted by Gasteiger charge is -2.33. The van der Waals surface area contributed by atoms with E-state index < -0.39 is 35.9 Å². The highest BCUT2D eigenvalue weighted by molar-refractivity contribution is 8.77. The molecule has 6 atom stereocenters. The van der Waals surface area contributed by atoms with Gasteiger partial charge in [-0.3, -0.25) is 29.8 Å². The van der Waals surface area contributed by atoms with E-state index in [4.69, 9.17) is 29.8 Å². The third kappa shape index (κ3) is 16.5. The van der Waals surface area contributed by atoms with Crippen LogP contribution in [0.5, 0.6) is 0 Å². The van der Waals surface area contributed by atoms with E-state index in [9.17, 15) is 29.8 Å². The number of rotatable bonds is 23. The van der Waals surface area contributed by atoms with Gasteiger partial charge in [-0.1, -0.05) is 21.6 Å². The average molecular weight is 781 g/mol. The van der Waals surface area contributed by atoms with Gasteiger partial charge in [0.25, 0.3) is 0 Å². The minimum absolute atomic E-state index is 0.0189. The number of ether oxygens (including phenoxy) is 4. The van der Waals surface area contributed by atoms with Crippen molar-refractivity contribution in [3.8, 4) is 0 Å². The number of quaternary nitrogens is 2. The summed E-state index contributed by atoms with van der Waals surface area (Å²) in [4.78, 5) is 49.3. The maximum absolute atomic E-state index is 13.1. The zero-order chi connectivity index (χ0) is 38.9. The molecule has 2 saturated carbocycles. The van der Waals surface area contributed by atoms with Crippen LogP contribution in [-0.4, -0.2) is 147 Å². The van der Waals surface area contributed by atoms with E-state index in [-0.39, 0.29) is 46.4 Å². The molecule has 2 aliphatic rings. The molecule has 0 bridgehead atoms. The Kier molecular flexibility index (Phi) is 19.7. The monoisotopic (exact) mass is 780 g/mol. The predicted molar refractivity (Wildman–Crippen MR) is 200 cm³/mol. The Morgan fingerprint density at radius 2 is 1.00 bits per heavy atom. The van der Waals surface area contributed by atoms with E-state index in [0.717, 1.165) is 48.0 Å². The zero-order valence-corrected chi connectivity index (χ0v) is 33.7. The number of nitro groups is 2. The SMILES string of the molecule is COC(=[NH2+])CCC[N+](C)(C)CCCOC(=O)C1CC(SSC2CCC([N+](=O)[O-])C(C(=O)OCCC[N+](C)(C)CCCC(=[NH2+])OC)C2)CCC1[N+](=O)[O-]. The fraction of sp³-hybridized carbons (Fsp3) is 0.882. The Balaban J connectivity index is 1.84. The molecular formula is C34H64N6O10S2+4. The van der Waals surface area contributed by atoms with Crippen molar-refractivity contribution in [2.75, 3.05) is 81.8 Å². The second kappa shape index (κ2) is 22.5. The number of carbonyl (C=O) groups is 2. The Bertz CT molecular complexity index is 1120. The quantitative estimate of drug-likeness (QED) is 0.0219. The first kappa shape index (κ1) is 45.5. The summed E-state index contributed by atoms with van der Waals surface area (Å²) in [6, 6.07) is -1.98. The molecule has 0 saturated heterocycles. The van der Waals surface area contributed by atoms with Crippen LogP contribution >= 0.6 is 21.6 Å². The molecule has 0 spiro atoms. The van der Waals surface area contributed by atoms with E-state index in [1.165, 1.54) is 0 Å². The van der Waals surface area contributed by atoms with E-state index >= 15 is 0 Å². The van der Waals surface area contributed by atoms with Gasteiger partial charge >= 0.3 is 23.7 Å². The Morgan fingerprint density at radius 3 is 1.33 bits per heavy atom. The van der Waals surface area contributed by atoms with Gasteiger partial charge in [0.15, 0.2) is 0 Å². The van der Waals surface area contributed by atoms with Crippen molar-refractivity contribution in [3.05, 3.63) is 20.2 Å². The van der Waals surface area contributed by atoms with Gasteiger partial charge in [-0.05, 0) is 25.7 Å². The van der Waals surface area contributed by atoms with Crippen LogP contribution in [0.4, 0.5) is 0 Å². The maximum atomic E-state index is 13.1. The summed E-state index contributed by atoms with van der Waals surface area (Å²) in [6.45, 7) is 3.68. The van der Waals surface area contributed by atoms with Gasteiger partial charge in [0.05, 0.1) is 94.6 Å². The molecule has 0 aromatic heterocycles. The molecule has 298 valence electrons. The number of hydrogen-bond acceptors (Lipinski definition) is 12. The summed E-state index contributed by atoms with van der Waals surface area (Å²) in [6.07, 6.45) is 6.68. The summed E-state index contributed by atoms with van der Waals surface area (Å²) in [7, 11) is 14.6. The second-order valence-corrected chi connectivity index (χ2v) is 18.2. The lowest BCUT2D eigenvalue weighted by molar-refractivity contribution is -0.890. The van der Waals surface area contributed by atoms with Crippen LogP contribution in [0, 0.1) is 32.1 Å². The van der Waals surface area contributed by atoms with E-state index in [1.807, 2.05) is 0 Å². The third-order valence-corrected chi connectivity index (χ3v) is 13.7. The highest BCUT2D eigenvalue weighted by atomic mass is 33.1. The summed E-state index contributed by atoms with van der Waals surface area (Å²) in [5.41, 5.74) is 0. The van der Waals surface area contributed by atoms with Crippen LogP contribution < -0.4 is 10.8 Å². The molecule has 2 rings (SSSR count). The van der Waals surface area contributed by atoms with Crippen molar-refractivity contribution in [3.63, 3.8) is 0 Å². The second-order valence-electron chi connectivity index (χ2n) is 15.3. The molecule has 0 aromatic carbocycles. The fourth-order valence-electron chi connectivity index (χ4n) is 6.91. The molecule has 0 heterocycles. The first-order valence-corrected chi connectivity index (χ1v) is 20.6. The zero-order valence-electron chi connectivity index (χ0n) is 32.0. The predicted octanol–water partition coefficient (Wildman–Crippen LogP) is 1.18. The molecule has 2 fully saturated rings. The van der Waals surface area contributed by atoms with Crippen LogP contribution in [-0.2, 0) is 28.5 Å². The van der Waals surface area contributed by atoms with Gasteiger partial charge in [-0.15, -0.1) is 0 Å². The molecule has 0 aromatic rings. The van der Waals surface area contributed by atoms with Gasteiger partial charge < -0.3 is 27.9 Å². The first-order valence-electron chi connectivity index (χ1n) is 18.4. The maximum Gasteiger partial charge on any atom is 0.332 e. The number of esters is 2. The van der Waals surface area contributed by atoms with Crippen molar-refractivity contribution < 1.29 is 58.2 Å².